The Morgan fingerprint density at radius 2 is 0.718 bits per heavy atom. The van der Waals surface area contributed by atoms with E-state index in [2.05, 4.69) is 42.5 Å². The number of nitrogens with one attached hydrogen (secondary N) is 8. The van der Waals surface area contributed by atoms with Crippen LogP contribution in [0.1, 0.15) is 82.2 Å². The Balaban J connectivity index is 0.969. The van der Waals surface area contributed by atoms with Gasteiger partial charge in [0.25, 0.3) is 35.4 Å². The number of hydrogen-bond acceptors (Lipinski definition) is 10. The standard InChI is InChI=1S/C47H60N16O8/c1-57(2)14-10-13-49-42(66)34-17-30(24-58(34)3)53-46(70)38-20-33(27-62(38)7)56-45(69)37-16-29(23-61(37)6)52-41(65)21-50-43(67)35-18-31(25-59(35)4)54-47(71)39-19-32(26-63(39)8)55-44(68)36-15-28(22-60(36)5)51-40(64)11-9-12-48/h15-20,22-27H,9-14,21,48H2,1-8H3,(H,49,66)(H,50,67)(H,51,64)(H,52,65)(H,53,70)(H,54,71)(H,55,68)(H,56,69). The summed E-state index contributed by atoms with van der Waals surface area (Å²) in [6, 6.07) is 9.03. The number of nitrogens with two attached hydrogens (primary N) is 1. The summed E-state index contributed by atoms with van der Waals surface area (Å²) >= 11 is 0. The van der Waals surface area contributed by atoms with Crippen molar-refractivity contribution in [2.45, 2.75) is 19.3 Å². The van der Waals surface area contributed by atoms with Crippen molar-refractivity contribution in [1.29, 1.82) is 0 Å². The van der Waals surface area contributed by atoms with Gasteiger partial charge in [-0.15, -0.1) is 0 Å². The average Bonchev–Trinajstić information content (AvgIpc) is 4.17. The molecular weight excluding hydrogens is 917 g/mol. The van der Waals surface area contributed by atoms with E-state index in [9.17, 15) is 38.4 Å². The quantitative estimate of drug-likeness (QED) is 0.0475. The van der Waals surface area contributed by atoms with E-state index in [4.69, 9.17) is 5.73 Å². The zero-order valence-electron chi connectivity index (χ0n) is 40.9. The zero-order valence-corrected chi connectivity index (χ0v) is 40.9. The number of carbonyl (C=O) groups excluding carboxylic acids is 8. The van der Waals surface area contributed by atoms with Crippen LogP contribution in [-0.4, -0.2) is 120 Å². The van der Waals surface area contributed by atoms with Crippen LogP contribution in [0.3, 0.4) is 0 Å². The molecule has 0 aliphatic rings. The molecular formula is C47H60N16O8. The molecule has 0 spiro atoms. The molecule has 0 fully saturated rings. The van der Waals surface area contributed by atoms with Gasteiger partial charge in [-0.05, 0) is 76.4 Å². The summed E-state index contributed by atoms with van der Waals surface area (Å²) in [6.45, 7) is 1.31. The second kappa shape index (κ2) is 22.6. The second-order valence-electron chi connectivity index (χ2n) is 17.3. The molecule has 0 aliphatic heterocycles. The molecule has 0 unspecified atom stereocenters. The van der Waals surface area contributed by atoms with Gasteiger partial charge in [0.1, 0.15) is 34.2 Å². The van der Waals surface area contributed by atoms with E-state index in [1.54, 1.807) is 92.9 Å². The van der Waals surface area contributed by atoms with Crippen LogP contribution in [-0.2, 0) is 51.9 Å². The molecule has 0 radical (unpaired) electrons. The fourth-order valence-corrected chi connectivity index (χ4v) is 7.56. The van der Waals surface area contributed by atoms with E-state index < -0.39 is 42.0 Å². The molecule has 6 heterocycles. The fourth-order valence-electron chi connectivity index (χ4n) is 7.56. The van der Waals surface area contributed by atoms with Crippen LogP contribution in [0.5, 0.6) is 0 Å². The molecule has 0 aromatic carbocycles. The number of hydrogen-bond donors (Lipinski definition) is 9. The van der Waals surface area contributed by atoms with Crippen molar-refractivity contribution in [3.63, 3.8) is 0 Å². The van der Waals surface area contributed by atoms with Crippen LogP contribution >= 0.6 is 0 Å². The van der Waals surface area contributed by atoms with Gasteiger partial charge in [-0.25, -0.2) is 0 Å². The Hall–Kier alpha value is -8.64. The molecule has 24 nitrogen and oxygen atoms in total. The highest BCUT2D eigenvalue weighted by Crippen LogP contribution is 2.22. The predicted molar refractivity (Wildman–Crippen MR) is 268 cm³/mol. The number of aryl methyl sites for hydroxylation is 6. The number of rotatable bonds is 21. The van der Waals surface area contributed by atoms with Crippen LogP contribution in [0.25, 0.3) is 0 Å². The van der Waals surface area contributed by atoms with Gasteiger partial charge in [0.15, 0.2) is 0 Å². The lowest BCUT2D eigenvalue weighted by Crippen LogP contribution is -2.33. The molecule has 376 valence electrons. The summed E-state index contributed by atoms with van der Waals surface area (Å²) in [5.74, 6) is -3.61. The van der Waals surface area contributed by atoms with Crippen molar-refractivity contribution in [3.8, 4) is 0 Å². The smallest absolute Gasteiger partial charge is 0.272 e. The summed E-state index contributed by atoms with van der Waals surface area (Å²) < 4.78 is 9.26. The molecule has 10 N–H and O–H groups in total. The van der Waals surface area contributed by atoms with Crippen molar-refractivity contribution >= 4 is 81.4 Å². The van der Waals surface area contributed by atoms with E-state index in [1.807, 2.05) is 19.0 Å². The fraction of sp³-hybridized carbons (Fsp3) is 0.319. The van der Waals surface area contributed by atoms with E-state index >= 15 is 0 Å². The number of carbonyl (C=O) groups is 8. The van der Waals surface area contributed by atoms with Crippen molar-refractivity contribution in [3.05, 3.63) is 108 Å². The number of nitrogens with zero attached hydrogens (tertiary/aromatic N) is 7. The van der Waals surface area contributed by atoms with Crippen LogP contribution in [0, 0.1) is 0 Å². The largest absolute Gasteiger partial charge is 0.351 e. The Labute approximate surface area is 408 Å². The predicted octanol–water partition coefficient (Wildman–Crippen LogP) is 2.45. The monoisotopic (exact) mass is 976 g/mol. The molecule has 0 aliphatic carbocycles. The lowest BCUT2D eigenvalue weighted by atomic mass is 10.3. The maximum atomic E-state index is 13.4. The highest BCUT2D eigenvalue weighted by Gasteiger charge is 2.22. The third-order valence-corrected chi connectivity index (χ3v) is 11.1. The zero-order chi connectivity index (χ0) is 51.7. The van der Waals surface area contributed by atoms with Crippen LogP contribution in [0.4, 0.5) is 34.1 Å². The minimum atomic E-state index is -0.599. The Bertz CT molecular complexity index is 2990. The van der Waals surface area contributed by atoms with Crippen LogP contribution in [0.15, 0.2) is 73.6 Å². The van der Waals surface area contributed by atoms with Gasteiger partial charge in [-0.3, -0.25) is 38.4 Å². The van der Waals surface area contributed by atoms with Crippen molar-refractivity contribution in [2.24, 2.45) is 48.0 Å². The van der Waals surface area contributed by atoms with Crippen LogP contribution < -0.4 is 48.3 Å². The van der Waals surface area contributed by atoms with Crippen molar-refractivity contribution in [2.75, 3.05) is 72.2 Å². The van der Waals surface area contributed by atoms with Gasteiger partial charge in [0, 0.05) is 92.4 Å². The molecule has 6 aromatic heterocycles. The van der Waals surface area contributed by atoms with E-state index in [0.717, 1.165) is 13.0 Å². The molecule has 0 saturated carbocycles. The summed E-state index contributed by atoms with van der Waals surface area (Å²) in [7, 11) is 13.8. The molecule has 8 amide bonds. The van der Waals surface area contributed by atoms with Gasteiger partial charge in [-0.1, -0.05) is 0 Å². The Morgan fingerprint density at radius 1 is 0.423 bits per heavy atom. The van der Waals surface area contributed by atoms with E-state index in [1.165, 1.54) is 50.4 Å². The first-order chi connectivity index (χ1) is 33.7. The van der Waals surface area contributed by atoms with E-state index in [0.29, 0.717) is 53.6 Å². The van der Waals surface area contributed by atoms with E-state index in [-0.39, 0.29) is 52.4 Å². The normalized spacial score (nSPS) is 11.0. The molecule has 0 bridgehead atoms. The molecule has 0 saturated heterocycles. The summed E-state index contributed by atoms with van der Waals surface area (Å²) in [6.07, 6.45) is 11.0. The summed E-state index contributed by atoms with van der Waals surface area (Å²) in [4.78, 5) is 106. The number of amides is 8. The summed E-state index contributed by atoms with van der Waals surface area (Å²) in [5, 5.41) is 21.9. The maximum Gasteiger partial charge on any atom is 0.272 e. The number of anilines is 6. The molecule has 24 heteroatoms. The van der Waals surface area contributed by atoms with Gasteiger partial charge in [0.2, 0.25) is 11.8 Å². The topological polar surface area (TPSA) is 292 Å². The third-order valence-electron chi connectivity index (χ3n) is 11.1. The van der Waals surface area contributed by atoms with Gasteiger partial charge in [0.05, 0.1) is 40.7 Å². The summed E-state index contributed by atoms with van der Waals surface area (Å²) in [5.41, 5.74) is 9.06. The number of aromatic nitrogens is 6. The first-order valence-corrected chi connectivity index (χ1v) is 22.4. The minimum Gasteiger partial charge on any atom is -0.351 e. The third kappa shape index (κ3) is 13.3. The first-order valence-electron chi connectivity index (χ1n) is 22.4. The molecule has 71 heavy (non-hydrogen) atoms. The van der Waals surface area contributed by atoms with Gasteiger partial charge in [-0.2, -0.15) is 0 Å². The van der Waals surface area contributed by atoms with Gasteiger partial charge < -0.3 is 80.6 Å². The highest BCUT2D eigenvalue weighted by molar-refractivity contribution is 6.09. The van der Waals surface area contributed by atoms with Crippen LogP contribution in [0.2, 0.25) is 0 Å². The lowest BCUT2D eigenvalue weighted by molar-refractivity contribution is -0.116. The van der Waals surface area contributed by atoms with Crippen molar-refractivity contribution in [1.82, 2.24) is 42.9 Å². The Kier molecular flexibility index (Phi) is 16.5. The van der Waals surface area contributed by atoms with Gasteiger partial charge >= 0.3 is 0 Å². The average molecular weight is 977 g/mol. The minimum absolute atomic E-state index is 0.144. The maximum absolute atomic E-state index is 13.4. The Morgan fingerprint density at radius 3 is 1.04 bits per heavy atom. The molecule has 0 atom stereocenters. The molecule has 6 aromatic rings. The SMILES string of the molecule is CN(C)CCCNC(=O)c1cc(NC(=O)c2cc(NC(=O)c3cc(NC(=O)CNC(=O)c4cc(NC(=O)c5cc(NC(=O)c6cc(NC(=O)CCCN)cn6C)cn5C)cn4C)cn3C)cn2C)cn1C. The van der Waals surface area contributed by atoms with Crippen molar-refractivity contribution < 1.29 is 38.4 Å². The second-order valence-corrected chi connectivity index (χ2v) is 17.3. The lowest BCUT2D eigenvalue weighted by Gasteiger charge is -2.10. The molecule has 6 rings (SSSR count). The highest BCUT2D eigenvalue weighted by atomic mass is 16.2. The first kappa shape index (κ1) is 51.7.